The maximum absolute atomic E-state index is 12.6. The topological polar surface area (TPSA) is 121 Å². The average molecular weight is 524 g/mol. The van der Waals surface area contributed by atoms with Gasteiger partial charge in [0.05, 0.1) is 17.6 Å². The largest absolute Gasteiger partial charge is 0.416 e. The minimum absolute atomic E-state index is 0.0481. The molecule has 1 aromatic carbocycles. The number of carbonyl (C=O) groups excluding carboxylic acids is 2. The minimum Gasteiger partial charge on any atom is -0.325 e. The number of piperidine rings is 1. The van der Waals surface area contributed by atoms with Gasteiger partial charge in [0.1, 0.15) is 0 Å². The quantitative estimate of drug-likeness (QED) is 0.423. The van der Waals surface area contributed by atoms with Crippen LogP contribution in [0.2, 0.25) is 0 Å². The van der Waals surface area contributed by atoms with Gasteiger partial charge in [-0.25, -0.2) is 12.7 Å². The van der Waals surface area contributed by atoms with Crippen LogP contribution in [-0.4, -0.2) is 59.8 Å². The molecular formula is C18H20F3N5O4S3. The molecule has 1 aliphatic rings. The number of nitrogens with zero attached hydrogens (tertiary/aromatic N) is 3. The van der Waals surface area contributed by atoms with Crippen LogP contribution < -0.4 is 10.6 Å². The second kappa shape index (κ2) is 10.4. The molecule has 1 aromatic heterocycles. The fraction of sp³-hybridized carbons (Fsp3) is 0.444. The number of nitrogens with one attached hydrogen (secondary N) is 2. The van der Waals surface area contributed by atoms with E-state index in [2.05, 4.69) is 20.8 Å². The van der Waals surface area contributed by atoms with E-state index in [1.165, 1.54) is 16.4 Å². The van der Waals surface area contributed by atoms with Crippen LogP contribution >= 0.6 is 23.1 Å². The van der Waals surface area contributed by atoms with Gasteiger partial charge in [0, 0.05) is 24.7 Å². The zero-order chi connectivity index (χ0) is 24.2. The van der Waals surface area contributed by atoms with Gasteiger partial charge >= 0.3 is 6.18 Å². The molecule has 1 saturated heterocycles. The van der Waals surface area contributed by atoms with Gasteiger partial charge in [-0.05, 0) is 37.1 Å². The highest BCUT2D eigenvalue weighted by Gasteiger charge is 2.30. The number of anilines is 2. The first-order chi connectivity index (χ1) is 15.4. The number of thioether (sulfide) groups is 1. The van der Waals surface area contributed by atoms with E-state index in [4.69, 9.17) is 0 Å². The molecule has 0 aliphatic carbocycles. The Bertz CT molecular complexity index is 1100. The Kier molecular flexibility index (Phi) is 7.97. The SMILES string of the molecule is CS(=O)(=O)N1CCC(C(=O)Nc2nnc(SCC(=O)Nc3ccc(C(F)(F)F)cc3)s2)CC1. The molecule has 0 spiro atoms. The van der Waals surface area contributed by atoms with Crippen LogP contribution in [0, 0.1) is 5.92 Å². The molecular weight excluding hydrogens is 503 g/mol. The molecule has 2 aromatic rings. The van der Waals surface area contributed by atoms with Gasteiger partial charge in [-0.2, -0.15) is 13.2 Å². The second-order valence-electron chi connectivity index (χ2n) is 7.21. The van der Waals surface area contributed by atoms with Crippen LogP contribution in [0.5, 0.6) is 0 Å². The van der Waals surface area contributed by atoms with Crippen molar-refractivity contribution in [2.75, 3.05) is 35.7 Å². The normalized spacial score (nSPS) is 15.9. The fourth-order valence-electron chi connectivity index (χ4n) is 3.04. The molecule has 3 rings (SSSR count). The van der Waals surface area contributed by atoms with Gasteiger partial charge in [-0.1, -0.05) is 23.1 Å². The van der Waals surface area contributed by atoms with E-state index in [1.807, 2.05) is 0 Å². The van der Waals surface area contributed by atoms with E-state index in [-0.39, 0.29) is 41.5 Å². The first-order valence-corrected chi connectivity index (χ1v) is 13.3. The smallest absolute Gasteiger partial charge is 0.325 e. The number of aromatic nitrogens is 2. The van der Waals surface area contributed by atoms with Crippen molar-refractivity contribution in [1.29, 1.82) is 0 Å². The summed E-state index contributed by atoms with van der Waals surface area (Å²) in [6, 6.07) is 4.11. The number of amides is 2. The zero-order valence-electron chi connectivity index (χ0n) is 17.3. The van der Waals surface area contributed by atoms with Crippen LogP contribution in [0.15, 0.2) is 28.6 Å². The fourth-order valence-corrected chi connectivity index (χ4v) is 5.47. The van der Waals surface area contributed by atoms with E-state index in [1.54, 1.807) is 0 Å². The lowest BCUT2D eigenvalue weighted by molar-refractivity contribution is -0.137. The first-order valence-electron chi connectivity index (χ1n) is 9.61. The summed E-state index contributed by atoms with van der Waals surface area (Å²) >= 11 is 2.15. The van der Waals surface area contributed by atoms with E-state index < -0.39 is 27.7 Å². The third-order valence-corrected chi connectivity index (χ3v) is 8.03. The Morgan fingerprint density at radius 3 is 2.36 bits per heavy atom. The third-order valence-electron chi connectivity index (χ3n) is 4.75. The summed E-state index contributed by atoms with van der Waals surface area (Å²) in [6.07, 6.45) is -2.50. The Morgan fingerprint density at radius 2 is 1.79 bits per heavy atom. The molecule has 0 radical (unpaired) electrons. The molecule has 0 bridgehead atoms. The molecule has 180 valence electrons. The van der Waals surface area contributed by atoms with E-state index in [0.717, 1.165) is 41.5 Å². The first kappa shape index (κ1) is 25.4. The number of rotatable bonds is 7. The van der Waals surface area contributed by atoms with Gasteiger partial charge in [-0.3, -0.25) is 9.59 Å². The molecule has 1 fully saturated rings. The van der Waals surface area contributed by atoms with Gasteiger partial charge in [0.25, 0.3) is 0 Å². The number of hydrogen-bond acceptors (Lipinski definition) is 8. The van der Waals surface area contributed by atoms with Crippen molar-refractivity contribution in [2.45, 2.75) is 23.4 Å². The molecule has 0 unspecified atom stereocenters. The lowest BCUT2D eigenvalue weighted by atomic mass is 9.97. The predicted octanol–water partition coefficient (Wildman–Crippen LogP) is 2.90. The number of halogens is 3. The summed E-state index contributed by atoms with van der Waals surface area (Å²) in [5.74, 6) is -1.08. The Labute approximate surface area is 196 Å². The van der Waals surface area contributed by atoms with E-state index >= 15 is 0 Å². The molecule has 0 saturated carbocycles. The average Bonchev–Trinajstić information content (AvgIpc) is 3.19. The standard InChI is InChI=1S/C18H20F3N5O4S3/c1-33(29,30)26-8-6-11(7-9-26)15(28)23-16-24-25-17(32-16)31-10-14(27)22-13-4-2-12(3-5-13)18(19,20)21/h2-5,11H,6-10H2,1H3,(H,22,27)(H,23,24,28). The molecule has 9 nitrogen and oxygen atoms in total. The molecule has 2 heterocycles. The van der Waals surface area contributed by atoms with E-state index in [9.17, 15) is 31.2 Å². The van der Waals surface area contributed by atoms with Crippen molar-refractivity contribution in [1.82, 2.24) is 14.5 Å². The lowest BCUT2D eigenvalue weighted by Crippen LogP contribution is -2.40. The maximum Gasteiger partial charge on any atom is 0.416 e. The monoisotopic (exact) mass is 523 g/mol. The van der Waals surface area contributed by atoms with Crippen LogP contribution in [0.25, 0.3) is 0 Å². The Balaban J connectivity index is 1.44. The van der Waals surface area contributed by atoms with Crippen LogP contribution in [0.1, 0.15) is 18.4 Å². The molecule has 33 heavy (non-hydrogen) atoms. The third kappa shape index (κ3) is 7.38. The second-order valence-corrected chi connectivity index (χ2v) is 11.4. The van der Waals surface area contributed by atoms with Crippen molar-refractivity contribution in [3.8, 4) is 0 Å². The van der Waals surface area contributed by atoms with Crippen molar-refractivity contribution in [3.05, 3.63) is 29.8 Å². The molecule has 1 aliphatic heterocycles. The highest BCUT2D eigenvalue weighted by atomic mass is 32.2. The van der Waals surface area contributed by atoms with Crippen LogP contribution in [-0.2, 0) is 25.8 Å². The Hall–Kier alpha value is -2.23. The molecule has 0 atom stereocenters. The number of alkyl halides is 3. The van der Waals surface area contributed by atoms with Gasteiger partial charge in [0.2, 0.25) is 27.0 Å². The van der Waals surface area contributed by atoms with Gasteiger partial charge < -0.3 is 10.6 Å². The van der Waals surface area contributed by atoms with Crippen molar-refractivity contribution >= 4 is 55.8 Å². The molecule has 2 N–H and O–H groups in total. The van der Waals surface area contributed by atoms with Crippen molar-refractivity contribution < 1.29 is 31.2 Å². The zero-order valence-corrected chi connectivity index (χ0v) is 19.7. The maximum atomic E-state index is 12.6. The molecule has 2 amide bonds. The number of hydrogen-bond donors (Lipinski definition) is 2. The summed E-state index contributed by atoms with van der Waals surface area (Å²) < 4.78 is 62.6. The van der Waals surface area contributed by atoms with Crippen molar-refractivity contribution in [2.24, 2.45) is 5.92 Å². The number of carbonyl (C=O) groups is 2. The Morgan fingerprint density at radius 1 is 1.15 bits per heavy atom. The minimum atomic E-state index is -4.45. The highest BCUT2D eigenvalue weighted by Crippen LogP contribution is 2.30. The summed E-state index contributed by atoms with van der Waals surface area (Å²) in [5.41, 5.74) is -0.569. The summed E-state index contributed by atoms with van der Waals surface area (Å²) in [7, 11) is -3.27. The van der Waals surface area contributed by atoms with Crippen LogP contribution in [0.3, 0.4) is 0 Å². The summed E-state index contributed by atoms with van der Waals surface area (Å²) in [5, 5.41) is 13.2. The highest BCUT2D eigenvalue weighted by molar-refractivity contribution is 8.01. The number of sulfonamides is 1. The van der Waals surface area contributed by atoms with Crippen molar-refractivity contribution in [3.63, 3.8) is 0 Å². The van der Waals surface area contributed by atoms with Gasteiger partial charge in [0.15, 0.2) is 4.34 Å². The summed E-state index contributed by atoms with van der Waals surface area (Å²) in [6.45, 7) is 0.560. The van der Waals surface area contributed by atoms with E-state index in [0.29, 0.717) is 17.2 Å². The molecule has 15 heteroatoms. The number of benzene rings is 1. The lowest BCUT2D eigenvalue weighted by Gasteiger charge is -2.29. The van der Waals surface area contributed by atoms with Crippen LogP contribution in [0.4, 0.5) is 24.0 Å². The summed E-state index contributed by atoms with van der Waals surface area (Å²) in [4.78, 5) is 24.4. The predicted molar refractivity (Wildman–Crippen MR) is 118 cm³/mol. The van der Waals surface area contributed by atoms with Gasteiger partial charge in [-0.15, -0.1) is 10.2 Å².